The molecule has 0 aromatic heterocycles. The first-order valence-electron chi connectivity index (χ1n) is 6.22. The van der Waals surface area contributed by atoms with Crippen molar-refractivity contribution in [2.75, 3.05) is 0 Å². The van der Waals surface area contributed by atoms with Crippen LogP contribution in [0.15, 0.2) is 0 Å². The fourth-order valence-corrected chi connectivity index (χ4v) is 2.59. The molecule has 0 aliphatic heterocycles. The molecule has 0 fully saturated rings. The monoisotopic (exact) mass is 437 g/mol. The minimum atomic E-state index is -1.87. The Morgan fingerprint density at radius 2 is 1.29 bits per heavy atom. The maximum atomic E-state index is 12.1. The molecule has 134 valence electrons. The van der Waals surface area contributed by atoms with Crippen molar-refractivity contribution < 1.29 is 23.9 Å². The molecule has 1 aromatic rings. The molecule has 0 radical (unpaired) electrons. The molecule has 1 unspecified atom stereocenters. The van der Waals surface area contributed by atoms with Crippen LogP contribution in [0.5, 0.6) is 5.75 Å². The standard InChI is InChI=1S/C13H12Cl5NO5/c1-13(2,3)23-12(21)10(24-19)11(20)22-9-7(17)5(15)4(14)6(16)8(9)18/h10H,19H2,1-3H3. The van der Waals surface area contributed by atoms with E-state index in [9.17, 15) is 9.59 Å². The molecule has 1 aromatic carbocycles. The summed E-state index contributed by atoms with van der Waals surface area (Å²) in [4.78, 5) is 28.4. The highest BCUT2D eigenvalue weighted by molar-refractivity contribution is 6.55. The van der Waals surface area contributed by atoms with Gasteiger partial charge in [-0.2, -0.15) is 0 Å². The van der Waals surface area contributed by atoms with Gasteiger partial charge in [-0.25, -0.2) is 15.5 Å². The summed E-state index contributed by atoms with van der Waals surface area (Å²) in [5.74, 6) is 2.28. The zero-order valence-electron chi connectivity index (χ0n) is 12.6. The summed E-state index contributed by atoms with van der Waals surface area (Å²) in [6.07, 6.45) is -1.87. The van der Waals surface area contributed by atoms with Crippen LogP contribution in [-0.2, 0) is 19.2 Å². The van der Waals surface area contributed by atoms with E-state index in [0.29, 0.717) is 0 Å². The highest BCUT2D eigenvalue weighted by Crippen LogP contribution is 2.48. The number of benzene rings is 1. The average molecular weight is 440 g/mol. The molecule has 1 rings (SSSR count). The van der Waals surface area contributed by atoms with Crippen molar-refractivity contribution in [1.29, 1.82) is 0 Å². The number of halogens is 5. The average Bonchev–Trinajstić information content (AvgIpc) is 2.46. The van der Waals surface area contributed by atoms with Gasteiger partial charge in [-0.1, -0.05) is 58.0 Å². The number of nitrogens with two attached hydrogens (primary N) is 1. The smallest absolute Gasteiger partial charge is 0.354 e. The normalized spacial score (nSPS) is 12.7. The maximum absolute atomic E-state index is 12.1. The van der Waals surface area contributed by atoms with E-state index in [-0.39, 0.29) is 25.1 Å². The Hall–Kier alpha value is -0.470. The summed E-state index contributed by atoms with van der Waals surface area (Å²) >= 11 is 29.4. The molecule has 0 bridgehead atoms. The first-order chi connectivity index (χ1) is 10.9. The van der Waals surface area contributed by atoms with Crippen LogP contribution in [-0.4, -0.2) is 23.6 Å². The quantitative estimate of drug-likeness (QED) is 0.186. The van der Waals surface area contributed by atoms with E-state index in [1.165, 1.54) is 0 Å². The second kappa shape index (κ2) is 8.27. The summed E-state index contributed by atoms with van der Waals surface area (Å²) in [7, 11) is 0. The lowest BCUT2D eigenvalue weighted by atomic mass is 10.2. The number of carbonyl (C=O) groups is 2. The molecule has 1 atom stereocenters. The first kappa shape index (κ1) is 21.6. The van der Waals surface area contributed by atoms with Crippen molar-refractivity contribution >= 4 is 69.9 Å². The lowest BCUT2D eigenvalue weighted by molar-refractivity contribution is -0.176. The van der Waals surface area contributed by atoms with E-state index in [2.05, 4.69) is 4.84 Å². The first-order valence-corrected chi connectivity index (χ1v) is 8.11. The maximum Gasteiger partial charge on any atom is 0.354 e. The predicted molar refractivity (Wildman–Crippen MR) is 92.0 cm³/mol. The number of esters is 2. The van der Waals surface area contributed by atoms with Gasteiger partial charge >= 0.3 is 11.9 Å². The highest BCUT2D eigenvalue weighted by atomic mass is 35.5. The topological polar surface area (TPSA) is 87.9 Å². The van der Waals surface area contributed by atoms with Crippen LogP contribution in [0, 0.1) is 0 Å². The number of carbonyl (C=O) groups excluding carboxylic acids is 2. The Bertz CT molecular complexity index is 645. The fourth-order valence-electron chi connectivity index (χ4n) is 1.39. The van der Waals surface area contributed by atoms with Crippen LogP contribution in [0.3, 0.4) is 0 Å². The van der Waals surface area contributed by atoms with Gasteiger partial charge in [0, 0.05) is 0 Å². The SMILES string of the molecule is CC(C)(C)OC(=O)C(ON)C(=O)Oc1c(Cl)c(Cl)c(Cl)c(Cl)c1Cl. The van der Waals surface area contributed by atoms with Gasteiger partial charge in [0.1, 0.15) is 15.6 Å². The summed E-state index contributed by atoms with van der Waals surface area (Å²) in [5.41, 5.74) is -0.879. The summed E-state index contributed by atoms with van der Waals surface area (Å²) in [5, 5.41) is -1.03. The number of hydrogen-bond acceptors (Lipinski definition) is 6. The van der Waals surface area contributed by atoms with Crippen LogP contribution in [0.1, 0.15) is 20.8 Å². The highest BCUT2D eigenvalue weighted by Gasteiger charge is 2.35. The molecule has 11 heteroatoms. The van der Waals surface area contributed by atoms with Crippen molar-refractivity contribution in [1.82, 2.24) is 0 Å². The molecule has 0 saturated carbocycles. The third-order valence-electron chi connectivity index (χ3n) is 2.34. The Labute approximate surface area is 162 Å². The van der Waals surface area contributed by atoms with E-state index in [1.54, 1.807) is 20.8 Å². The van der Waals surface area contributed by atoms with Crippen molar-refractivity contribution in [3.63, 3.8) is 0 Å². The van der Waals surface area contributed by atoms with Gasteiger partial charge in [0.15, 0.2) is 5.75 Å². The second-order valence-electron chi connectivity index (χ2n) is 5.37. The number of rotatable bonds is 4. The third kappa shape index (κ3) is 5.02. The summed E-state index contributed by atoms with van der Waals surface area (Å²) in [6.45, 7) is 4.78. The van der Waals surface area contributed by atoms with E-state index in [0.717, 1.165) is 0 Å². The summed E-state index contributed by atoms with van der Waals surface area (Å²) < 4.78 is 9.94. The number of ether oxygens (including phenoxy) is 2. The predicted octanol–water partition coefficient (Wildman–Crippen LogP) is 4.46. The number of hydrogen-bond donors (Lipinski definition) is 1. The van der Waals surface area contributed by atoms with Gasteiger partial charge in [0.2, 0.25) is 0 Å². The van der Waals surface area contributed by atoms with Crippen LogP contribution in [0.25, 0.3) is 0 Å². The minimum Gasteiger partial charge on any atom is -0.458 e. The largest absolute Gasteiger partial charge is 0.458 e. The van der Waals surface area contributed by atoms with E-state index in [1.807, 2.05) is 0 Å². The lowest BCUT2D eigenvalue weighted by Crippen LogP contribution is -2.42. The van der Waals surface area contributed by atoms with E-state index < -0.39 is 29.4 Å². The molecule has 2 N–H and O–H groups in total. The Balaban J connectivity index is 3.12. The molecule has 0 heterocycles. The molecule has 0 aliphatic rings. The zero-order chi connectivity index (χ0) is 18.8. The molecule has 0 saturated heterocycles. The van der Waals surface area contributed by atoms with Crippen molar-refractivity contribution in [3.8, 4) is 5.75 Å². The van der Waals surface area contributed by atoms with Crippen LogP contribution in [0.4, 0.5) is 0 Å². The second-order valence-corrected chi connectivity index (χ2v) is 7.26. The van der Waals surface area contributed by atoms with Crippen LogP contribution in [0.2, 0.25) is 25.1 Å². The van der Waals surface area contributed by atoms with Gasteiger partial charge in [0.05, 0.1) is 15.1 Å². The molecule has 6 nitrogen and oxygen atoms in total. The molecule has 0 spiro atoms. The van der Waals surface area contributed by atoms with Crippen molar-refractivity contribution in [3.05, 3.63) is 25.1 Å². The van der Waals surface area contributed by atoms with E-state index in [4.69, 9.17) is 73.4 Å². The third-order valence-corrected chi connectivity index (χ3v) is 4.59. The summed E-state index contributed by atoms with van der Waals surface area (Å²) in [6, 6.07) is 0. The molecular weight excluding hydrogens is 427 g/mol. The van der Waals surface area contributed by atoms with Gasteiger partial charge in [-0.15, -0.1) is 0 Å². The van der Waals surface area contributed by atoms with Crippen LogP contribution < -0.4 is 10.6 Å². The minimum absolute atomic E-state index is 0.119. The van der Waals surface area contributed by atoms with Gasteiger partial charge in [-0.3, -0.25) is 4.84 Å². The van der Waals surface area contributed by atoms with Gasteiger partial charge in [0.25, 0.3) is 6.10 Å². The van der Waals surface area contributed by atoms with Crippen LogP contribution >= 0.6 is 58.0 Å². The van der Waals surface area contributed by atoms with E-state index >= 15 is 0 Å². The molecule has 0 aliphatic carbocycles. The zero-order valence-corrected chi connectivity index (χ0v) is 16.4. The lowest BCUT2D eigenvalue weighted by Gasteiger charge is -2.22. The molecular formula is C13H12Cl5NO5. The molecule has 0 amide bonds. The Morgan fingerprint density at radius 1 is 0.875 bits per heavy atom. The Kier molecular flexibility index (Phi) is 7.44. The van der Waals surface area contributed by atoms with Gasteiger partial charge in [-0.05, 0) is 20.8 Å². The Morgan fingerprint density at radius 3 is 1.67 bits per heavy atom. The fraction of sp³-hybridized carbons (Fsp3) is 0.385. The van der Waals surface area contributed by atoms with Gasteiger partial charge < -0.3 is 9.47 Å². The van der Waals surface area contributed by atoms with Crippen molar-refractivity contribution in [2.24, 2.45) is 5.90 Å². The van der Waals surface area contributed by atoms with Crippen molar-refractivity contribution in [2.45, 2.75) is 32.5 Å². The molecule has 24 heavy (non-hydrogen) atoms.